The number of likely N-dealkylation sites (N-methyl/N-ethyl adjacent to an activating group) is 1. The molecular formula is C25H25FN4O2S. The molecule has 1 aromatic heterocycles. The van der Waals surface area contributed by atoms with Crippen LogP contribution in [0.2, 0.25) is 0 Å². The number of benzene rings is 2. The molecule has 6 nitrogen and oxygen atoms in total. The number of halogens is 1. The number of esters is 1. The van der Waals surface area contributed by atoms with E-state index in [0.717, 1.165) is 24.3 Å². The largest absolute Gasteiger partial charge is 0.461 e. The Balaban J connectivity index is 1.60. The molecule has 0 saturated carbocycles. The Bertz CT molecular complexity index is 1130. The number of aromatic nitrogens is 1. The number of carbonyl (C=O) groups excluding carboxylic acids is 1. The number of hydrogen-bond donors (Lipinski definition) is 1. The second kappa shape index (κ2) is 11.9. The van der Waals surface area contributed by atoms with Gasteiger partial charge in [-0.15, -0.1) is 11.3 Å². The molecule has 0 bridgehead atoms. The van der Waals surface area contributed by atoms with Crippen molar-refractivity contribution in [3.8, 4) is 17.3 Å². The number of thiazole rings is 1. The van der Waals surface area contributed by atoms with E-state index in [2.05, 4.69) is 35.1 Å². The fourth-order valence-electron chi connectivity index (χ4n) is 3.04. The molecule has 0 spiro atoms. The van der Waals surface area contributed by atoms with Crippen molar-refractivity contribution in [1.29, 1.82) is 5.26 Å². The van der Waals surface area contributed by atoms with Crippen molar-refractivity contribution in [2.75, 3.05) is 31.6 Å². The van der Waals surface area contributed by atoms with Gasteiger partial charge in [-0.25, -0.2) is 14.2 Å². The number of nitrogens with zero attached hydrogens (tertiary/aromatic N) is 3. The molecule has 1 N–H and O–H groups in total. The van der Waals surface area contributed by atoms with E-state index >= 15 is 0 Å². The van der Waals surface area contributed by atoms with Gasteiger partial charge in [0.25, 0.3) is 0 Å². The lowest BCUT2D eigenvalue weighted by Gasteiger charge is -2.17. The smallest absolute Gasteiger partial charge is 0.338 e. The van der Waals surface area contributed by atoms with Gasteiger partial charge in [-0.2, -0.15) is 5.26 Å². The van der Waals surface area contributed by atoms with Gasteiger partial charge in [-0.3, -0.25) is 0 Å². The molecule has 3 aromatic rings. The first-order valence-corrected chi connectivity index (χ1v) is 11.5. The van der Waals surface area contributed by atoms with Gasteiger partial charge >= 0.3 is 5.97 Å². The molecule has 0 saturated heterocycles. The minimum absolute atomic E-state index is 0.310. The van der Waals surface area contributed by atoms with Crippen LogP contribution in [0.3, 0.4) is 0 Å². The number of anilines is 1. The minimum Gasteiger partial charge on any atom is -0.461 e. The van der Waals surface area contributed by atoms with Crippen LogP contribution >= 0.6 is 11.3 Å². The van der Waals surface area contributed by atoms with Crippen LogP contribution < -0.4 is 5.32 Å². The maximum Gasteiger partial charge on any atom is 0.338 e. The number of allylic oxidation sites excluding steroid dienone is 1. The number of carbonyl (C=O) groups is 1. The third kappa shape index (κ3) is 6.72. The summed E-state index contributed by atoms with van der Waals surface area (Å²) >= 11 is 1.34. The molecule has 0 fully saturated rings. The minimum atomic E-state index is -0.363. The Hall–Kier alpha value is -3.54. The molecule has 2 aromatic carbocycles. The lowest BCUT2D eigenvalue weighted by molar-refractivity contribution is 0.0466. The summed E-state index contributed by atoms with van der Waals surface area (Å²) in [7, 11) is 0. The average Bonchev–Trinajstić information content (AvgIpc) is 3.33. The van der Waals surface area contributed by atoms with E-state index in [-0.39, 0.29) is 11.8 Å². The van der Waals surface area contributed by atoms with E-state index in [0.29, 0.717) is 35.0 Å². The van der Waals surface area contributed by atoms with Crippen LogP contribution in [-0.2, 0) is 4.74 Å². The number of nitriles is 1. The van der Waals surface area contributed by atoms with Crippen molar-refractivity contribution >= 4 is 28.6 Å². The normalized spacial score (nSPS) is 11.3. The Morgan fingerprint density at radius 3 is 2.52 bits per heavy atom. The zero-order valence-electron chi connectivity index (χ0n) is 18.5. The highest BCUT2D eigenvalue weighted by atomic mass is 32.1. The zero-order valence-corrected chi connectivity index (χ0v) is 19.4. The molecule has 3 rings (SSSR count). The van der Waals surface area contributed by atoms with Gasteiger partial charge in [-0.05, 0) is 61.6 Å². The fourth-order valence-corrected chi connectivity index (χ4v) is 3.84. The first-order valence-electron chi connectivity index (χ1n) is 10.6. The maximum absolute atomic E-state index is 13.1. The average molecular weight is 465 g/mol. The van der Waals surface area contributed by atoms with Crippen molar-refractivity contribution in [3.63, 3.8) is 0 Å². The molecule has 0 unspecified atom stereocenters. The number of rotatable bonds is 10. The summed E-state index contributed by atoms with van der Waals surface area (Å²) in [6, 6.07) is 15.1. The van der Waals surface area contributed by atoms with Gasteiger partial charge in [0.05, 0.1) is 11.3 Å². The van der Waals surface area contributed by atoms with Crippen molar-refractivity contribution < 1.29 is 13.9 Å². The van der Waals surface area contributed by atoms with E-state index in [1.54, 1.807) is 42.6 Å². The van der Waals surface area contributed by atoms with E-state index in [4.69, 9.17) is 4.74 Å². The molecule has 170 valence electrons. The summed E-state index contributed by atoms with van der Waals surface area (Å²) in [6.45, 7) is 7.04. The third-order valence-corrected chi connectivity index (χ3v) is 5.91. The van der Waals surface area contributed by atoms with Crippen molar-refractivity contribution in [2.24, 2.45) is 0 Å². The highest BCUT2D eigenvalue weighted by molar-refractivity contribution is 7.11. The quantitative estimate of drug-likeness (QED) is 0.319. The van der Waals surface area contributed by atoms with Gasteiger partial charge in [0.15, 0.2) is 0 Å². The molecular weight excluding hydrogens is 439 g/mol. The highest BCUT2D eigenvalue weighted by Gasteiger charge is 2.10. The lowest BCUT2D eigenvalue weighted by atomic mass is 10.2. The SMILES string of the molecule is CCN(CC)CCOC(=O)c1ccc(N/C=C(/C#N)c2nc(-c3ccc(F)cc3)cs2)cc1. The third-order valence-electron chi connectivity index (χ3n) is 5.03. The fraction of sp³-hybridized carbons (Fsp3) is 0.240. The van der Waals surface area contributed by atoms with Gasteiger partial charge < -0.3 is 15.0 Å². The molecule has 1 heterocycles. The summed E-state index contributed by atoms with van der Waals surface area (Å²) in [6.07, 6.45) is 1.57. The predicted molar refractivity (Wildman–Crippen MR) is 129 cm³/mol. The van der Waals surface area contributed by atoms with Crippen LogP contribution in [0.25, 0.3) is 16.8 Å². The van der Waals surface area contributed by atoms with Crippen LogP contribution in [0.5, 0.6) is 0 Å². The van der Waals surface area contributed by atoms with Crippen LogP contribution in [0.4, 0.5) is 10.1 Å². The number of ether oxygens (including phenoxy) is 1. The standard InChI is InChI=1S/C25H25FN4O2S/c1-3-30(4-2)13-14-32-25(31)19-7-11-22(12-8-19)28-16-20(15-27)24-29-23(17-33-24)18-5-9-21(26)10-6-18/h5-12,16-17,28H,3-4,13-14H2,1-2H3/b20-16-. The van der Waals surface area contributed by atoms with Crippen molar-refractivity contribution in [3.05, 3.63) is 76.5 Å². The summed E-state index contributed by atoms with van der Waals surface area (Å²) in [5.41, 5.74) is 3.02. The molecule has 8 heteroatoms. The van der Waals surface area contributed by atoms with Gasteiger partial charge in [0.2, 0.25) is 0 Å². The maximum atomic E-state index is 13.1. The Kier molecular flexibility index (Phi) is 8.70. The second-order valence-electron chi connectivity index (χ2n) is 7.10. The van der Waals surface area contributed by atoms with Gasteiger partial charge in [-0.1, -0.05) is 13.8 Å². The topological polar surface area (TPSA) is 78.2 Å². The van der Waals surface area contributed by atoms with Gasteiger partial charge in [0.1, 0.15) is 29.1 Å². The van der Waals surface area contributed by atoms with Gasteiger partial charge in [0, 0.05) is 29.4 Å². The first-order chi connectivity index (χ1) is 16.0. The Labute approximate surface area is 197 Å². The summed E-state index contributed by atoms with van der Waals surface area (Å²) in [5.74, 6) is -0.673. The Morgan fingerprint density at radius 1 is 1.18 bits per heavy atom. The highest BCUT2D eigenvalue weighted by Crippen LogP contribution is 2.26. The predicted octanol–water partition coefficient (Wildman–Crippen LogP) is 5.42. The van der Waals surface area contributed by atoms with Crippen LogP contribution in [-0.4, -0.2) is 42.1 Å². The summed E-state index contributed by atoms with van der Waals surface area (Å²) in [4.78, 5) is 18.9. The van der Waals surface area contributed by atoms with Crippen molar-refractivity contribution in [1.82, 2.24) is 9.88 Å². The molecule has 0 amide bonds. The van der Waals surface area contributed by atoms with E-state index in [9.17, 15) is 14.4 Å². The lowest BCUT2D eigenvalue weighted by Crippen LogP contribution is -2.27. The van der Waals surface area contributed by atoms with Crippen molar-refractivity contribution in [2.45, 2.75) is 13.8 Å². The van der Waals surface area contributed by atoms with E-state index < -0.39 is 0 Å². The monoisotopic (exact) mass is 464 g/mol. The zero-order chi connectivity index (χ0) is 23.6. The van der Waals surface area contributed by atoms with E-state index in [1.807, 2.05) is 5.38 Å². The second-order valence-corrected chi connectivity index (χ2v) is 7.96. The number of nitrogens with one attached hydrogen (secondary N) is 1. The number of hydrogen-bond acceptors (Lipinski definition) is 7. The van der Waals surface area contributed by atoms with Crippen LogP contribution in [0, 0.1) is 17.1 Å². The molecule has 0 atom stereocenters. The van der Waals surface area contributed by atoms with E-state index in [1.165, 1.54) is 23.5 Å². The first kappa shape index (κ1) is 24.1. The Morgan fingerprint density at radius 2 is 1.88 bits per heavy atom. The summed E-state index contributed by atoms with van der Waals surface area (Å²) < 4.78 is 18.5. The van der Waals surface area contributed by atoms with Crippen LogP contribution in [0.15, 0.2) is 60.1 Å². The molecule has 0 radical (unpaired) electrons. The molecule has 0 aliphatic rings. The molecule has 33 heavy (non-hydrogen) atoms. The van der Waals surface area contributed by atoms with Crippen LogP contribution in [0.1, 0.15) is 29.2 Å². The summed E-state index contributed by atoms with van der Waals surface area (Å²) in [5, 5.41) is 15.0. The molecule has 0 aliphatic heterocycles. The molecule has 0 aliphatic carbocycles.